The van der Waals surface area contributed by atoms with Gasteiger partial charge < -0.3 is 4.57 Å². The Balaban J connectivity index is 0.000000720. The van der Waals surface area contributed by atoms with Gasteiger partial charge in [-0.15, -0.1) is 10.2 Å². The molecule has 3 heteroatoms. The van der Waals surface area contributed by atoms with Crippen molar-refractivity contribution in [3.05, 3.63) is 12.2 Å². The third-order valence-corrected chi connectivity index (χ3v) is 2.06. The first-order valence-electron chi connectivity index (χ1n) is 4.18. The molecule has 12 heavy (non-hydrogen) atoms. The molecule has 0 aliphatic heterocycles. The monoisotopic (exact) mass is 167 g/mol. The van der Waals surface area contributed by atoms with Gasteiger partial charge in [-0.05, 0) is 12.8 Å². The summed E-state index contributed by atoms with van der Waals surface area (Å²) in [7, 11) is 0. The van der Waals surface area contributed by atoms with E-state index in [0.717, 1.165) is 5.82 Å². The zero-order valence-corrected chi connectivity index (χ0v) is 6.99. The lowest BCUT2D eigenvalue weighted by Gasteiger charge is -2.05. The Labute approximate surface area is 73.8 Å². The minimum atomic E-state index is 0. The summed E-state index contributed by atoms with van der Waals surface area (Å²) in [5, 5.41) is 8.01. The fourth-order valence-electron chi connectivity index (χ4n) is 1.30. The van der Waals surface area contributed by atoms with Gasteiger partial charge in [-0.25, -0.2) is 0 Å². The van der Waals surface area contributed by atoms with Gasteiger partial charge in [0, 0.05) is 12.0 Å². The number of nitrogens with zero attached hydrogens (tertiary/aromatic N) is 3. The molecule has 1 aromatic rings. The lowest BCUT2D eigenvalue weighted by atomic mass is 10.2. The second-order valence-electron chi connectivity index (χ2n) is 3.48. The van der Waals surface area contributed by atoms with E-state index in [2.05, 4.69) is 28.6 Å². The van der Waals surface area contributed by atoms with Crippen LogP contribution in [0.15, 0.2) is 6.33 Å². The Hall–Kier alpha value is -0.860. The normalized spacial score (nSPS) is 16.2. The largest absolute Gasteiger partial charge is 0.314 e. The van der Waals surface area contributed by atoms with Crippen molar-refractivity contribution in [2.45, 2.75) is 46.1 Å². The van der Waals surface area contributed by atoms with Crippen LogP contribution in [0.2, 0.25) is 0 Å². The summed E-state index contributed by atoms with van der Waals surface area (Å²) >= 11 is 0. The van der Waals surface area contributed by atoms with E-state index in [4.69, 9.17) is 0 Å². The molecule has 2 rings (SSSR count). The average molecular weight is 167 g/mol. The van der Waals surface area contributed by atoms with Crippen molar-refractivity contribution in [2.75, 3.05) is 0 Å². The Kier molecular flexibility index (Phi) is 2.50. The molecule has 1 saturated carbocycles. The molecule has 1 aliphatic rings. The molecule has 0 aromatic carbocycles. The molecule has 1 fully saturated rings. The van der Waals surface area contributed by atoms with Crippen molar-refractivity contribution in [3.8, 4) is 0 Å². The molecule has 0 N–H and O–H groups in total. The zero-order valence-electron chi connectivity index (χ0n) is 6.99. The highest BCUT2D eigenvalue weighted by atomic mass is 15.3. The molecule has 0 radical (unpaired) electrons. The van der Waals surface area contributed by atoms with Gasteiger partial charge in [0.1, 0.15) is 12.2 Å². The fourth-order valence-corrected chi connectivity index (χ4v) is 1.30. The standard InChI is InChI=1S/C8H13N3.CH4/c1-6(2)8-10-9-5-11(8)7-3-4-7;/h5-7H,3-4H2,1-2H3;1H4. The predicted molar refractivity (Wildman–Crippen MR) is 49.1 cm³/mol. The fraction of sp³-hybridized carbons (Fsp3) is 0.778. The van der Waals surface area contributed by atoms with E-state index in [1.807, 2.05) is 6.33 Å². The average Bonchev–Trinajstić information content (AvgIpc) is 2.68. The molecular formula is C9H17N3. The lowest BCUT2D eigenvalue weighted by Crippen LogP contribution is -2.01. The van der Waals surface area contributed by atoms with Crippen LogP contribution in [0.5, 0.6) is 0 Å². The SMILES string of the molecule is C.CC(C)c1nncn1C1CC1. The van der Waals surface area contributed by atoms with E-state index in [0.29, 0.717) is 12.0 Å². The Bertz CT molecular complexity index is 232. The van der Waals surface area contributed by atoms with E-state index in [9.17, 15) is 0 Å². The van der Waals surface area contributed by atoms with Crippen molar-refractivity contribution in [3.63, 3.8) is 0 Å². The molecule has 1 aromatic heterocycles. The summed E-state index contributed by atoms with van der Waals surface area (Å²) in [6.07, 6.45) is 4.46. The van der Waals surface area contributed by atoms with E-state index in [1.165, 1.54) is 12.8 Å². The molecule has 3 nitrogen and oxygen atoms in total. The number of hydrogen-bond acceptors (Lipinski definition) is 2. The highest BCUT2D eigenvalue weighted by molar-refractivity contribution is 4.98. The summed E-state index contributed by atoms with van der Waals surface area (Å²) in [5.41, 5.74) is 0. The summed E-state index contributed by atoms with van der Waals surface area (Å²) in [6.45, 7) is 4.31. The highest BCUT2D eigenvalue weighted by Gasteiger charge is 2.26. The number of hydrogen-bond donors (Lipinski definition) is 0. The van der Waals surface area contributed by atoms with E-state index in [-0.39, 0.29) is 7.43 Å². The number of aromatic nitrogens is 3. The van der Waals surface area contributed by atoms with E-state index >= 15 is 0 Å². The lowest BCUT2D eigenvalue weighted by molar-refractivity contribution is 0.639. The molecule has 0 spiro atoms. The summed E-state index contributed by atoms with van der Waals surface area (Å²) in [5.74, 6) is 1.63. The zero-order chi connectivity index (χ0) is 7.84. The van der Waals surface area contributed by atoms with Crippen LogP contribution in [0.1, 0.15) is 51.9 Å². The second-order valence-corrected chi connectivity index (χ2v) is 3.48. The highest BCUT2D eigenvalue weighted by Crippen LogP contribution is 2.36. The smallest absolute Gasteiger partial charge is 0.135 e. The molecule has 0 unspecified atom stereocenters. The third-order valence-electron chi connectivity index (χ3n) is 2.06. The van der Waals surface area contributed by atoms with Crippen LogP contribution in [-0.4, -0.2) is 14.8 Å². The van der Waals surface area contributed by atoms with Gasteiger partial charge in [0.2, 0.25) is 0 Å². The maximum Gasteiger partial charge on any atom is 0.135 e. The first-order valence-corrected chi connectivity index (χ1v) is 4.18. The van der Waals surface area contributed by atoms with Crippen LogP contribution in [0, 0.1) is 0 Å². The van der Waals surface area contributed by atoms with Crippen LogP contribution < -0.4 is 0 Å². The van der Waals surface area contributed by atoms with Gasteiger partial charge in [0.15, 0.2) is 0 Å². The van der Waals surface area contributed by atoms with Gasteiger partial charge in [0.25, 0.3) is 0 Å². The van der Waals surface area contributed by atoms with Crippen LogP contribution in [0.3, 0.4) is 0 Å². The van der Waals surface area contributed by atoms with Gasteiger partial charge in [-0.1, -0.05) is 21.3 Å². The molecule has 0 bridgehead atoms. The van der Waals surface area contributed by atoms with Crippen molar-refractivity contribution in [2.24, 2.45) is 0 Å². The van der Waals surface area contributed by atoms with Crippen LogP contribution in [0.4, 0.5) is 0 Å². The number of rotatable bonds is 2. The Morgan fingerprint density at radius 1 is 1.50 bits per heavy atom. The minimum Gasteiger partial charge on any atom is -0.314 e. The second kappa shape index (κ2) is 3.25. The maximum atomic E-state index is 4.09. The van der Waals surface area contributed by atoms with Crippen molar-refractivity contribution < 1.29 is 0 Å². The van der Waals surface area contributed by atoms with Crippen LogP contribution in [-0.2, 0) is 0 Å². The van der Waals surface area contributed by atoms with Gasteiger partial charge in [0.05, 0.1) is 0 Å². The van der Waals surface area contributed by atoms with Gasteiger partial charge >= 0.3 is 0 Å². The van der Waals surface area contributed by atoms with Gasteiger partial charge in [-0.2, -0.15) is 0 Å². The van der Waals surface area contributed by atoms with E-state index in [1.54, 1.807) is 0 Å². The molecule has 1 aliphatic carbocycles. The summed E-state index contributed by atoms with van der Waals surface area (Å²) in [6, 6.07) is 0.711. The summed E-state index contributed by atoms with van der Waals surface area (Å²) in [4.78, 5) is 0. The van der Waals surface area contributed by atoms with Crippen LogP contribution in [0.25, 0.3) is 0 Å². The Morgan fingerprint density at radius 2 is 2.17 bits per heavy atom. The molecule has 0 atom stereocenters. The topological polar surface area (TPSA) is 30.7 Å². The van der Waals surface area contributed by atoms with Crippen molar-refractivity contribution in [1.82, 2.24) is 14.8 Å². The van der Waals surface area contributed by atoms with Crippen molar-refractivity contribution >= 4 is 0 Å². The van der Waals surface area contributed by atoms with Crippen LogP contribution >= 0.6 is 0 Å². The predicted octanol–water partition coefficient (Wildman–Crippen LogP) is 2.37. The first kappa shape index (κ1) is 9.23. The quantitative estimate of drug-likeness (QED) is 0.677. The molecule has 0 amide bonds. The van der Waals surface area contributed by atoms with E-state index < -0.39 is 0 Å². The van der Waals surface area contributed by atoms with Crippen molar-refractivity contribution in [1.29, 1.82) is 0 Å². The third kappa shape index (κ3) is 1.49. The molecule has 0 saturated heterocycles. The molecular weight excluding hydrogens is 150 g/mol. The Morgan fingerprint density at radius 3 is 2.67 bits per heavy atom. The minimum absolute atomic E-state index is 0. The first-order chi connectivity index (χ1) is 5.29. The maximum absolute atomic E-state index is 4.09. The van der Waals surface area contributed by atoms with Gasteiger partial charge in [-0.3, -0.25) is 0 Å². The summed E-state index contributed by atoms with van der Waals surface area (Å²) < 4.78 is 2.21. The molecule has 1 heterocycles. The molecule has 68 valence electrons.